The van der Waals surface area contributed by atoms with Crippen molar-refractivity contribution in [1.82, 2.24) is 0 Å². The van der Waals surface area contributed by atoms with E-state index >= 15 is 0 Å². The number of halogens is 1. The van der Waals surface area contributed by atoms with Crippen LogP contribution in [0.5, 0.6) is 0 Å². The third-order valence-corrected chi connectivity index (χ3v) is 3.94. The third kappa shape index (κ3) is 1.39. The van der Waals surface area contributed by atoms with Gasteiger partial charge in [0.05, 0.1) is 0 Å². The Bertz CT molecular complexity index is 772. The largest absolute Gasteiger partial charge is 0.0843 e. The number of hydrogen-bond donors (Lipinski definition) is 0. The Labute approximate surface area is 111 Å². The quantitative estimate of drug-likeness (QED) is 0.409. The highest BCUT2D eigenvalue weighted by Crippen LogP contribution is 2.39. The van der Waals surface area contributed by atoms with Crippen LogP contribution >= 0.6 is 11.6 Å². The fourth-order valence-electron chi connectivity index (χ4n) is 2.86. The van der Waals surface area contributed by atoms with Crippen LogP contribution in [0.2, 0.25) is 5.02 Å². The van der Waals surface area contributed by atoms with Gasteiger partial charge in [0.2, 0.25) is 0 Å². The van der Waals surface area contributed by atoms with Gasteiger partial charge in [0.15, 0.2) is 0 Å². The first kappa shape index (κ1) is 10.2. The molecule has 1 heteroatoms. The van der Waals surface area contributed by atoms with Crippen LogP contribution in [0.15, 0.2) is 54.6 Å². The summed E-state index contributed by atoms with van der Waals surface area (Å²) in [6.07, 6.45) is 0.996. The summed E-state index contributed by atoms with van der Waals surface area (Å²) in [6, 6.07) is 19.3. The molecule has 1 aliphatic carbocycles. The van der Waals surface area contributed by atoms with Gasteiger partial charge >= 0.3 is 0 Å². The van der Waals surface area contributed by atoms with Crippen LogP contribution < -0.4 is 0 Å². The van der Waals surface area contributed by atoms with Gasteiger partial charge in [-0.15, -0.1) is 0 Å². The van der Waals surface area contributed by atoms with Crippen LogP contribution in [0.25, 0.3) is 21.9 Å². The molecule has 0 aliphatic heterocycles. The van der Waals surface area contributed by atoms with Crippen molar-refractivity contribution in [2.24, 2.45) is 0 Å². The Morgan fingerprint density at radius 2 is 1.44 bits per heavy atom. The maximum Gasteiger partial charge on any atom is 0.0409 e. The summed E-state index contributed by atoms with van der Waals surface area (Å²) in [5.74, 6) is 0. The number of fused-ring (bicyclic) bond motifs is 4. The lowest BCUT2D eigenvalue weighted by Crippen LogP contribution is -1.81. The molecule has 0 nitrogen and oxygen atoms in total. The third-order valence-electron chi connectivity index (χ3n) is 3.71. The van der Waals surface area contributed by atoms with Crippen LogP contribution in [0.1, 0.15) is 11.1 Å². The highest BCUT2D eigenvalue weighted by atomic mass is 35.5. The first-order valence-electron chi connectivity index (χ1n) is 6.12. The molecule has 0 atom stereocenters. The molecule has 3 aromatic rings. The average molecular weight is 251 g/mol. The van der Waals surface area contributed by atoms with E-state index in [0.29, 0.717) is 0 Å². The number of benzene rings is 3. The van der Waals surface area contributed by atoms with E-state index in [0.717, 1.165) is 11.4 Å². The molecular weight excluding hydrogens is 240 g/mol. The van der Waals surface area contributed by atoms with Crippen molar-refractivity contribution in [2.45, 2.75) is 6.42 Å². The zero-order valence-corrected chi connectivity index (χ0v) is 10.5. The van der Waals surface area contributed by atoms with E-state index in [1.54, 1.807) is 0 Å². The SMILES string of the molecule is Clc1ccc2c(c1)Cc1cc3ccccc3cc1-2. The summed E-state index contributed by atoms with van der Waals surface area (Å²) in [5.41, 5.74) is 5.44. The lowest BCUT2D eigenvalue weighted by atomic mass is 10.0. The molecule has 0 amide bonds. The van der Waals surface area contributed by atoms with Crippen molar-refractivity contribution in [3.63, 3.8) is 0 Å². The summed E-state index contributed by atoms with van der Waals surface area (Å²) in [6.45, 7) is 0. The fourth-order valence-corrected chi connectivity index (χ4v) is 3.06. The molecule has 0 unspecified atom stereocenters. The molecule has 0 N–H and O–H groups in total. The van der Waals surface area contributed by atoms with Gasteiger partial charge in [-0.3, -0.25) is 0 Å². The van der Waals surface area contributed by atoms with Gasteiger partial charge in [-0.05, 0) is 57.6 Å². The van der Waals surface area contributed by atoms with Crippen molar-refractivity contribution in [3.8, 4) is 11.1 Å². The second-order valence-corrected chi connectivity index (χ2v) is 5.27. The van der Waals surface area contributed by atoms with Gasteiger partial charge in [-0.2, -0.15) is 0 Å². The number of rotatable bonds is 0. The van der Waals surface area contributed by atoms with E-state index in [4.69, 9.17) is 11.6 Å². The minimum absolute atomic E-state index is 0.825. The summed E-state index contributed by atoms with van der Waals surface area (Å²) >= 11 is 6.07. The molecule has 3 aromatic carbocycles. The van der Waals surface area contributed by atoms with Gasteiger partial charge in [0.1, 0.15) is 0 Å². The Morgan fingerprint density at radius 1 is 0.722 bits per heavy atom. The summed E-state index contributed by atoms with van der Waals surface area (Å²) in [7, 11) is 0. The highest BCUT2D eigenvalue weighted by molar-refractivity contribution is 6.30. The van der Waals surface area contributed by atoms with Crippen molar-refractivity contribution in [2.75, 3.05) is 0 Å². The van der Waals surface area contributed by atoms with Gasteiger partial charge in [0.25, 0.3) is 0 Å². The van der Waals surface area contributed by atoms with Gasteiger partial charge < -0.3 is 0 Å². The van der Waals surface area contributed by atoms with Gasteiger partial charge in [0, 0.05) is 5.02 Å². The smallest absolute Gasteiger partial charge is 0.0409 e. The first-order valence-corrected chi connectivity index (χ1v) is 6.49. The molecule has 0 radical (unpaired) electrons. The Kier molecular flexibility index (Phi) is 2.03. The molecule has 0 spiro atoms. The Balaban J connectivity index is 2.03. The second-order valence-electron chi connectivity index (χ2n) is 4.83. The monoisotopic (exact) mass is 250 g/mol. The summed E-state index contributed by atoms with van der Waals surface area (Å²) in [4.78, 5) is 0. The molecule has 0 saturated heterocycles. The predicted octanol–water partition coefficient (Wildman–Crippen LogP) is 5.06. The van der Waals surface area contributed by atoms with E-state index in [-0.39, 0.29) is 0 Å². The molecular formula is C17H11Cl. The molecule has 0 fully saturated rings. The van der Waals surface area contributed by atoms with Crippen LogP contribution in [-0.4, -0.2) is 0 Å². The normalized spacial score (nSPS) is 12.5. The molecule has 18 heavy (non-hydrogen) atoms. The maximum atomic E-state index is 6.07. The highest BCUT2D eigenvalue weighted by Gasteiger charge is 2.18. The van der Waals surface area contributed by atoms with Gasteiger partial charge in [-0.1, -0.05) is 48.0 Å². The number of hydrogen-bond acceptors (Lipinski definition) is 0. The average Bonchev–Trinajstić information content (AvgIpc) is 2.72. The van der Waals surface area contributed by atoms with E-state index in [1.807, 2.05) is 6.07 Å². The van der Waals surface area contributed by atoms with E-state index in [2.05, 4.69) is 48.5 Å². The van der Waals surface area contributed by atoms with Crippen molar-refractivity contribution >= 4 is 22.4 Å². The molecule has 0 heterocycles. The van der Waals surface area contributed by atoms with Crippen LogP contribution in [-0.2, 0) is 6.42 Å². The van der Waals surface area contributed by atoms with Crippen LogP contribution in [0, 0.1) is 0 Å². The predicted molar refractivity (Wildman–Crippen MR) is 77.2 cm³/mol. The topological polar surface area (TPSA) is 0 Å². The fraction of sp³-hybridized carbons (Fsp3) is 0.0588. The van der Waals surface area contributed by atoms with Crippen molar-refractivity contribution in [1.29, 1.82) is 0 Å². The van der Waals surface area contributed by atoms with E-state index < -0.39 is 0 Å². The zero-order valence-electron chi connectivity index (χ0n) is 9.78. The molecule has 0 bridgehead atoms. The van der Waals surface area contributed by atoms with Crippen LogP contribution in [0.4, 0.5) is 0 Å². The second kappa shape index (κ2) is 3.60. The Morgan fingerprint density at radius 3 is 2.28 bits per heavy atom. The maximum absolute atomic E-state index is 6.07. The minimum atomic E-state index is 0.825. The van der Waals surface area contributed by atoms with Crippen LogP contribution in [0.3, 0.4) is 0 Å². The molecule has 4 rings (SSSR count). The summed E-state index contributed by atoms with van der Waals surface area (Å²) < 4.78 is 0. The molecule has 0 saturated carbocycles. The van der Waals surface area contributed by atoms with Crippen molar-refractivity contribution < 1.29 is 0 Å². The van der Waals surface area contributed by atoms with E-state index in [9.17, 15) is 0 Å². The molecule has 1 aliphatic rings. The lowest BCUT2D eigenvalue weighted by molar-refractivity contribution is 1.27. The summed E-state index contributed by atoms with van der Waals surface area (Å²) in [5, 5.41) is 3.44. The molecule has 0 aromatic heterocycles. The first-order chi connectivity index (χ1) is 8.81. The minimum Gasteiger partial charge on any atom is -0.0843 e. The Hall–Kier alpha value is -1.79. The van der Waals surface area contributed by atoms with Gasteiger partial charge in [-0.25, -0.2) is 0 Å². The molecule has 86 valence electrons. The van der Waals surface area contributed by atoms with E-state index in [1.165, 1.54) is 33.0 Å². The standard InChI is InChI=1S/C17H11Cl/c18-15-5-6-16-14(9-15)8-13-7-11-3-1-2-4-12(11)10-17(13)16/h1-7,9-10H,8H2. The lowest BCUT2D eigenvalue weighted by Gasteiger charge is -2.04. The zero-order chi connectivity index (χ0) is 12.1. The van der Waals surface area contributed by atoms with Crippen molar-refractivity contribution in [3.05, 3.63) is 70.7 Å².